The number of morpholine rings is 1. The summed E-state index contributed by atoms with van der Waals surface area (Å²) < 4.78 is 35.2. The van der Waals surface area contributed by atoms with Crippen molar-refractivity contribution in [1.29, 1.82) is 0 Å². The van der Waals surface area contributed by atoms with Crippen LogP contribution < -0.4 is 10.6 Å². The van der Waals surface area contributed by atoms with Crippen molar-refractivity contribution in [3.8, 4) is 5.95 Å². The first-order chi connectivity index (χ1) is 19.3. The largest absolute Gasteiger partial charge is 0.378 e. The van der Waals surface area contributed by atoms with E-state index in [1.54, 1.807) is 30.5 Å². The summed E-state index contributed by atoms with van der Waals surface area (Å²) in [6, 6.07) is 7.34. The Labute approximate surface area is 231 Å². The number of ether oxygens (including phenoxy) is 1. The number of halogens is 2. The molecule has 0 spiro atoms. The number of hydrogen-bond acceptors (Lipinski definition) is 10. The molecular weight excluding hydrogens is 518 g/mol. The smallest absolute Gasteiger partial charge is 0.296 e. The van der Waals surface area contributed by atoms with Crippen molar-refractivity contribution in [3.05, 3.63) is 47.8 Å². The van der Waals surface area contributed by atoms with Crippen LogP contribution in [0.3, 0.4) is 0 Å². The Kier molecular flexibility index (Phi) is 7.19. The van der Waals surface area contributed by atoms with Crippen LogP contribution in [0.25, 0.3) is 17.0 Å². The fraction of sp³-hybridized carbons (Fsp3) is 0.519. The minimum absolute atomic E-state index is 0.0481. The van der Waals surface area contributed by atoms with Gasteiger partial charge in [-0.25, -0.2) is 18.8 Å². The van der Waals surface area contributed by atoms with Crippen molar-refractivity contribution in [1.82, 2.24) is 34.3 Å². The number of likely N-dealkylation sites (tertiary alicyclic amines) is 1. The summed E-state index contributed by atoms with van der Waals surface area (Å²) in [5.41, 5.74) is 6.65. The topological polar surface area (TPSA) is 114 Å². The van der Waals surface area contributed by atoms with E-state index < -0.39 is 17.8 Å². The molecule has 1 atom stereocenters. The van der Waals surface area contributed by atoms with Gasteiger partial charge < -0.3 is 25.2 Å². The molecule has 2 aromatic heterocycles. The van der Waals surface area contributed by atoms with Crippen molar-refractivity contribution >= 4 is 23.2 Å². The maximum absolute atomic E-state index is 14.2. The molecule has 2 saturated heterocycles. The van der Waals surface area contributed by atoms with Crippen LogP contribution in [-0.4, -0.2) is 100 Å². The zero-order valence-corrected chi connectivity index (χ0v) is 22.7. The fourth-order valence-corrected chi connectivity index (χ4v) is 5.47. The first kappa shape index (κ1) is 26.7. The molecule has 0 bridgehead atoms. The van der Waals surface area contributed by atoms with Gasteiger partial charge >= 0.3 is 0 Å². The van der Waals surface area contributed by atoms with Crippen LogP contribution in [-0.2, 0) is 10.3 Å². The summed E-state index contributed by atoms with van der Waals surface area (Å²) in [6.07, 6.45) is 3.39. The number of hydrogen-bond donors (Lipinski definition) is 1. The Morgan fingerprint density at radius 1 is 1.02 bits per heavy atom. The van der Waals surface area contributed by atoms with Gasteiger partial charge in [0.2, 0.25) is 11.9 Å². The van der Waals surface area contributed by atoms with Crippen LogP contribution in [0.4, 0.5) is 14.7 Å². The summed E-state index contributed by atoms with van der Waals surface area (Å²) in [4.78, 5) is 29.5. The van der Waals surface area contributed by atoms with Crippen LogP contribution >= 0.6 is 0 Å². The summed E-state index contributed by atoms with van der Waals surface area (Å²) in [5, 5.41) is 0. The van der Waals surface area contributed by atoms with E-state index in [2.05, 4.69) is 38.8 Å². The fourth-order valence-electron chi connectivity index (χ4n) is 5.47. The third-order valence-corrected chi connectivity index (χ3v) is 7.95. The van der Waals surface area contributed by atoms with E-state index in [1.165, 1.54) is 4.57 Å². The summed E-state index contributed by atoms with van der Waals surface area (Å²) in [5.74, 6) is 1.10. The van der Waals surface area contributed by atoms with E-state index in [1.807, 2.05) is 11.0 Å². The first-order valence-electron chi connectivity index (χ1n) is 13.6. The van der Waals surface area contributed by atoms with Gasteiger partial charge in [0.1, 0.15) is 11.4 Å². The number of rotatable bonds is 6. The standard InChI is InChI=1S/C27H34F2N10O/c1-36-11-8-18(9-12-36)37(2)21-7-10-27(30,17-31-21)24-33-25(38-13-15-40-16-14-38)35-26(34-24)39-20-6-4-3-5-19(20)32-23(39)22(28)29/h3-7,17-18,22H,8-16,30H2,1-2H3. The Morgan fingerprint density at radius 3 is 2.45 bits per heavy atom. The maximum Gasteiger partial charge on any atom is 0.296 e. The van der Waals surface area contributed by atoms with Gasteiger partial charge in [-0.15, -0.1) is 0 Å². The van der Waals surface area contributed by atoms with Gasteiger partial charge in [0.05, 0.1) is 24.2 Å². The number of alkyl halides is 2. The second-order valence-electron chi connectivity index (χ2n) is 10.7. The number of nitrogens with two attached hydrogens (primary N) is 1. The van der Waals surface area contributed by atoms with Gasteiger partial charge in [-0.05, 0) is 57.6 Å². The SMILES string of the molecule is CN1CCC(N(C)C2=CCC(N)(c3nc(N4CCOCC4)nc(-n4c(C(F)F)nc5ccccc54)n3)C=N2)CC1. The number of nitrogens with zero attached hydrogens (tertiary/aromatic N) is 9. The second kappa shape index (κ2) is 10.8. The van der Waals surface area contributed by atoms with E-state index in [4.69, 9.17) is 20.4 Å². The van der Waals surface area contributed by atoms with Crippen LogP contribution in [0.15, 0.2) is 41.2 Å². The molecule has 3 aromatic rings. The van der Waals surface area contributed by atoms with E-state index in [0.717, 1.165) is 31.8 Å². The highest BCUT2D eigenvalue weighted by atomic mass is 19.3. The van der Waals surface area contributed by atoms with Gasteiger partial charge in [0.15, 0.2) is 11.6 Å². The first-order valence-corrected chi connectivity index (χ1v) is 13.6. The van der Waals surface area contributed by atoms with Crippen molar-refractivity contribution in [2.45, 2.75) is 37.3 Å². The van der Waals surface area contributed by atoms with E-state index in [-0.39, 0.29) is 11.8 Å². The van der Waals surface area contributed by atoms with Crippen molar-refractivity contribution in [2.24, 2.45) is 10.7 Å². The van der Waals surface area contributed by atoms with Gasteiger partial charge in [-0.2, -0.15) is 15.0 Å². The monoisotopic (exact) mass is 552 g/mol. The Hall–Kier alpha value is -3.55. The van der Waals surface area contributed by atoms with Gasteiger partial charge in [-0.3, -0.25) is 4.57 Å². The van der Waals surface area contributed by atoms with E-state index in [0.29, 0.717) is 55.7 Å². The molecule has 0 radical (unpaired) electrons. The molecule has 5 heterocycles. The molecule has 13 heteroatoms. The maximum atomic E-state index is 14.2. The average molecular weight is 553 g/mol. The third-order valence-electron chi connectivity index (χ3n) is 7.95. The molecule has 2 fully saturated rings. The number of aromatic nitrogens is 5. The molecule has 0 aliphatic carbocycles. The predicted octanol–water partition coefficient (Wildman–Crippen LogP) is 2.48. The normalized spacial score (nSPS) is 22.8. The number of aliphatic imine (C=N–C) groups is 1. The molecular formula is C27H34F2N10O. The lowest BCUT2D eigenvalue weighted by atomic mass is 9.94. The number of anilines is 1. The zero-order chi connectivity index (χ0) is 27.9. The van der Waals surface area contributed by atoms with Crippen LogP contribution in [0, 0.1) is 0 Å². The third kappa shape index (κ3) is 5.04. The number of para-hydroxylation sites is 2. The van der Waals surface area contributed by atoms with Crippen molar-refractivity contribution in [3.63, 3.8) is 0 Å². The molecule has 212 valence electrons. The van der Waals surface area contributed by atoms with Crippen LogP contribution in [0.1, 0.15) is 37.3 Å². The second-order valence-corrected chi connectivity index (χ2v) is 10.7. The summed E-state index contributed by atoms with van der Waals surface area (Å²) in [7, 11) is 4.21. The van der Waals surface area contributed by atoms with Crippen molar-refractivity contribution < 1.29 is 13.5 Å². The quantitative estimate of drug-likeness (QED) is 0.493. The predicted molar refractivity (Wildman–Crippen MR) is 148 cm³/mol. The minimum Gasteiger partial charge on any atom is -0.378 e. The highest BCUT2D eigenvalue weighted by Crippen LogP contribution is 2.31. The Bertz CT molecular complexity index is 1430. The number of fused-ring (bicyclic) bond motifs is 1. The number of benzene rings is 1. The molecule has 2 N–H and O–H groups in total. The van der Waals surface area contributed by atoms with Crippen LogP contribution in [0.5, 0.6) is 0 Å². The van der Waals surface area contributed by atoms with Gasteiger partial charge in [0, 0.05) is 32.4 Å². The Morgan fingerprint density at radius 2 is 1.75 bits per heavy atom. The lowest BCUT2D eigenvalue weighted by Gasteiger charge is -2.37. The van der Waals surface area contributed by atoms with E-state index in [9.17, 15) is 8.78 Å². The van der Waals surface area contributed by atoms with Crippen LogP contribution in [0.2, 0.25) is 0 Å². The molecule has 40 heavy (non-hydrogen) atoms. The molecule has 3 aliphatic rings. The number of imidazole rings is 1. The van der Waals surface area contributed by atoms with Gasteiger partial charge in [0.25, 0.3) is 6.43 Å². The Balaban J connectivity index is 1.38. The molecule has 0 saturated carbocycles. The molecule has 3 aliphatic heterocycles. The van der Waals surface area contributed by atoms with Gasteiger partial charge in [-0.1, -0.05) is 12.1 Å². The molecule has 11 nitrogen and oxygen atoms in total. The van der Waals surface area contributed by atoms with Crippen molar-refractivity contribution in [2.75, 3.05) is 58.4 Å². The highest BCUT2D eigenvalue weighted by Gasteiger charge is 2.35. The zero-order valence-electron chi connectivity index (χ0n) is 22.7. The summed E-state index contributed by atoms with van der Waals surface area (Å²) in [6.45, 7) is 4.25. The highest BCUT2D eigenvalue weighted by molar-refractivity contribution is 5.78. The van der Waals surface area contributed by atoms with E-state index >= 15 is 0 Å². The number of piperidine rings is 1. The molecule has 1 unspecified atom stereocenters. The molecule has 1 aromatic carbocycles. The lowest BCUT2D eigenvalue weighted by molar-refractivity contribution is 0.122. The molecule has 0 amide bonds. The summed E-state index contributed by atoms with van der Waals surface area (Å²) >= 11 is 0. The minimum atomic E-state index is -2.83. The lowest BCUT2D eigenvalue weighted by Crippen LogP contribution is -2.45. The molecule has 6 rings (SSSR count). The average Bonchev–Trinajstić information content (AvgIpc) is 3.38.